The van der Waals surface area contributed by atoms with Gasteiger partial charge in [-0.1, -0.05) is 12.2 Å². The molecule has 0 aromatic heterocycles. The van der Waals surface area contributed by atoms with E-state index in [0.29, 0.717) is 0 Å². The van der Waals surface area contributed by atoms with Crippen LogP contribution in [-0.4, -0.2) is 0 Å². The molecule has 0 unspecified atom stereocenters. The van der Waals surface area contributed by atoms with Crippen molar-refractivity contribution in [3.05, 3.63) is 23.3 Å². The lowest BCUT2D eigenvalue weighted by Gasteiger charge is -1.84. The lowest BCUT2D eigenvalue weighted by Crippen LogP contribution is -1.71. The first kappa shape index (κ1) is 5.11. The Kier molecular flexibility index (Phi) is 1.17. The highest BCUT2D eigenvalue weighted by Gasteiger charge is 2.01. The molecular weight excluding hydrogens is 98.1 g/mol. The van der Waals surface area contributed by atoms with Gasteiger partial charge in [0.2, 0.25) is 0 Å². The minimum absolute atomic E-state index is 0.836. The molecule has 1 rings (SSSR count). The zero-order valence-corrected chi connectivity index (χ0v) is 4.81. The van der Waals surface area contributed by atoms with Crippen LogP contribution in [0, 0.1) is 11.3 Å². The van der Waals surface area contributed by atoms with E-state index in [2.05, 4.69) is 6.07 Å². The highest BCUT2D eigenvalue weighted by Crippen LogP contribution is 2.16. The molecular formula is C7H7N. The fourth-order valence-electron chi connectivity index (χ4n) is 0.749. The topological polar surface area (TPSA) is 23.8 Å². The Morgan fingerprint density at radius 1 is 1.75 bits per heavy atom. The zero-order valence-electron chi connectivity index (χ0n) is 4.81. The first-order valence-electron chi connectivity index (χ1n) is 2.61. The minimum atomic E-state index is 0.836. The van der Waals surface area contributed by atoms with Crippen molar-refractivity contribution in [3.8, 4) is 6.07 Å². The van der Waals surface area contributed by atoms with Gasteiger partial charge in [-0.15, -0.1) is 0 Å². The molecule has 0 aromatic carbocycles. The van der Waals surface area contributed by atoms with Gasteiger partial charge in [-0.25, -0.2) is 0 Å². The third-order valence-electron chi connectivity index (χ3n) is 1.30. The second-order valence-corrected chi connectivity index (χ2v) is 1.88. The summed E-state index contributed by atoms with van der Waals surface area (Å²) in [5.41, 5.74) is 2.03. The van der Waals surface area contributed by atoms with E-state index in [9.17, 15) is 0 Å². The fourth-order valence-corrected chi connectivity index (χ4v) is 0.749. The molecule has 0 aliphatic heterocycles. The summed E-state index contributed by atoms with van der Waals surface area (Å²) >= 11 is 0. The van der Waals surface area contributed by atoms with Crippen LogP contribution in [-0.2, 0) is 0 Å². The second-order valence-electron chi connectivity index (χ2n) is 1.88. The number of rotatable bonds is 0. The molecule has 1 aliphatic carbocycles. The summed E-state index contributed by atoms with van der Waals surface area (Å²) in [5, 5.41) is 8.39. The molecule has 0 bridgehead atoms. The second kappa shape index (κ2) is 1.83. The van der Waals surface area contributed by atoms with E-state index in [1.807, 2.05) is 19.1 Å². The van der Waals surface area contributed by atoms with E-state index < -0.39 is 0 Å². The van der Waals surface area contributed by atoms with Gasteiger partial charge in [-0.3, -0.25) is 0 Å². The first-order valence-corrected chi connectivity index (χ1v) is 2.61. The van der Waals surface area contributed by atoms with E-state index in [0.717, 1.165) is 17.6 Å². The maximum absolute atomic E-state index is 8.39. The van der Waals surface area contributed by atoms with Crippen molar-refractivity contribution >= 4 is 0 Å². The third kappa shape index (κ3) is 0.651. The molecule has 8 heavy (non-hydrogen) atoms. The summed E-state index contributed by atoms with van der Waals surface area (Å²) < 4.78 is 0. The Morgan fingerprint density at radius 2 is 2.50 bits per heavy atom. The summed E-state index contributed by atoms with van der Waals surface area (Å²) in [6.45, 7) is 1.96. The Labute approximate surface area is 48.9 Å². The lowest BCUT2D eigenvalue weighted by atomic mass is 10.2. The summed E-state index contributed by atoms with van der Waals surface area (Å²) in [6, 6.07) is 2.13. The van der Waals surface area contributed by atoms with Gasteiger partial charge in [-0.05, 0) is 12.5 Å². The van der Waals surface area contributed by atoms with Crippen LogP contribution in [0.1, 0.15) is 13.3 Å². The van der Waals surface area contributed by atoms with Gasteiger partial charge in [-0.2, -0.15) is 5.26 Å². The average molecular weight is 105 g/mol. The molecule has 40 valence electrons. The van der Waals surface area contributed by atoms with Crippen LogP contribution >= 0.6 is 0 Å². The number of hydrogen-bond donors (Lipinski definition) is 0. The molecule has 0 radical (unpaired) electrons. The van der Waals surface area contributed by atoms with Gasteiger partial charge in [0.15, 0.2) is 0 Å². The number of hydrogen-bond acceptors (Lipinski definition) is 1. The van der Waals surface area contributed by atoms with Crippen molar-refractivity contribution in [1.82, 2.24) is 0 Å². The Morgan fingerprint density at radius 3 is 2.75 bits per heavy atom. The summed E-state index contributed by atoms with van der Waals surface area (Å²) in [6.07, 6.45) is 4.83. The van der Waals surface area contributed by atoms with E-state index in [4.69, 9.17) is 5.26 Å². The number of nitriles is 1. The molecule has 1 heteroatoms. The molecule has 0 saturated heterocycles. The molecule has 0 N–H and O–H groups in total. The van der Waals surface area contributed by atoms with Crippen molar-refractivity contribution in [1.29, 1.82) is 5.26 Å². The van der Waals surface area contributed by atoms with Crippen LogP contribution in [0.25, 0.3) is 0 Å². The number of allylic oxidation sites excluding steroid dienone is 4. The standard InChI is InChI=1S/C7H7N/c1-6-3-2-4-7(6)5-8/h2-3H,4H2,1H3. The Hall–Kier alpha value is -1.03. The molecule has 0 heterocycles. The maximum atomic E-state index is 8.39. The van der Waals surface area contributed by atoms with Gasteiger partial charge in [0.1, 0.15) is 0 Å². The van der Waals surface area contributed by atoms with Gasteiger partial charge in [0, 0.05) is 12.0 Å². The Bertz CT molecular complexity index is 191. The summed E-state index contributed by atoms with van der Waals surface area (Å²) in [5.74, 6) is 0. The molecule has 1 nitrogen and oxygen atoms in total. The van der Waals surface area contributed by atoms with Crippen LogP contribution in [0.5, 0.6) is 0 Å². The SMILES string of the molecule is CC1=C(C#N)CC=C1. The predicted molar refractivity (Wildman–Crippen MR) is 32.1 cm³/mol. The van der Waals surface area contributed by atoms with Crippen molar-refractivity contribution in [2.24, 2.45) is 0 Å². The molecule has 0 amide bonds. The molecule has 0 fully saturated rings. The van der Waals surface area contributed by atoms with E-state index in [-0.39, 0.29) is 0 Å². The van der Waals surface area contributed by atoms with Crippen molar-refractivity contribution < 1.29 is 0 Å². The van der Waals surface area contributed by atoms with Gasteiger partial charge in [0.05, 0.1) is 6.07 Å². The molecule has 0 atom stereocenters. The van der Waals surface area contributed by atoms with Crippen LogP contribution in [0.4, 0.5) is 0 Å². The Balaban J connectivity index is 2.88. The van der Waals surface area contributed by atoms with Crippen molar-refractivity contribution in [2.75, 3.05) is 0 Å². The predicted octanol–water partition coefficient (Wildman–Crippen LogP) is 1.79. The van der Waals surface area contributed by atoms with Crippen LogP contribution in [0.3, 0.4) is 0 Å². The lowest BCUT2D eigenvalue weighted by molar-refractivity contribution is 1.29. The minimum Gasteiger partial charge on any atom is -0.193 e. The van der Waals surface area contributed by atoms with Crippen LogP contribution in [0.15, 0.2) is 23.3 Å². The van der Waals surface area contributed by atoms with Crippen LogP contribution < -0.4 is 0 Å². The molecule has 0 aromatic rings. The quantitative estimate of drug-likeness (QED) is 0.460. The van der Waals surface area contributed by atoms with E-state index in [1.165, 1.54) is 0 Å². The van der Waals surface area contributed by atoms with Crippen molar-refractivity contribution in [2.45, 2.75) is 13.3 Å². The van der Waals surface area contributed by atoms with E-state index in [1.54, 1.807) is 0 Å². The highest BCUT2D eigenvalue weighted by molar-refractivity contribution is 5.40. The monoisotopic (exact) mass is 105 g/mol. The summed E-state index contributed by atoms with van der Waals surface area (Å²) in [4.78, 5) is 0. The summed E-state index contributed by atoms with van der Waals surface area (Å²) in [7, 11) is 0. The largest absolute Gasteiger partial charge is 0.193 e. The molecule has 1 aliphatic rings. The normalized spacial score (nSPS) is 17.0. The fraction of sp³-hybridized carbons (Fsp3) is 0.286. The third-order valence-corrected chi connectivity index (χ3v) is 1.30. The number of nitrogens with zero attached hydrogens (tertiary/aromatic N) is 1. The van der Waals surface area contributed by atoms with Gasteiger partial charge < -0.3 is 0 Å². The average Bonchev–Trinajstić information content (AvgIpc) is 2.14. The van der Waals surface area contributed by atoms with E-state index >= 15 is 0 Å². The van der Waals surface area contributed by atoms with Crippen LogP contribution in [0.2, 0.25) is 0 Å². The first-order chi connectivity index (χ1) is 3.84. The van der Waals surface area contributed by atoms with Gasteiger partial charge >= 0.3 is 0 Å². The maximum Gasteiger partial charge on any atom is 0.0953 e. The smallest absolute Gasteiger partial charge is 0.0953 e. The highest BCUT2D eigenvalue weighted by atomic mass is 14.3. The van der Waals surface area contributed by atoms with Crippen molar-refractivity contribution in [3.63, 3.8) is 0 Å². The van der Waals surface area contributed by atoms with Gasteiger partial charge in [0.25, 0.3) is 0 Å². The molecule has 0 spiro atoms. The zero-order chi connectivity index (χ0) is 5.98. The molecule has 0 saturated carbocycles.